The third-order valence-electron chi connectivity index (χ3n) is 2.82. The standard InChI is InChI=1S/C13H15NO2/c1-10-3-2-4-11(7-10)8-13(16)14-6-5-12(15)9-14/h2-4,7H,5-6,8-9H2,1H3. The molecule has 1 saturated heterocycles. The van der Waals surface area contributed by atoms with E-state index in [1.54, 1.807) is 4.90 Å². The summed E-state index contributed by atoms with van der Waals surface area (Å²) in [5, 5.41) is 0. The van der Waals surface area contributed by atoms with Crippen molar-refractivity contribution in [3.63, 3.8) is 0 Å². The van der Waals surface area contributed by atoms with Crippen molar-refractivity contribution in [3.8, 4) is 0 Å². The zero-order chi connectivity index (χ0) is 11.5. The molecule has 0 unspecified atom stereocenters. The molecule has 2 rings (SSSR count). The normalized spacial score (nSPS) is 15.6. The Morgan fingerprint density at radius 2 is 2.25 bits per heavy atom. The van der Waals surface area contributed by atoms with Gasteiger partial charge in [-0.3, -0.25) is 9.59 Å². The van der Waals surface area contributed by atoms with Crippen molar-refractivity contribution in [1.29, 1.82) is 0 Å². The second kappa shape index (κ2) is 4.47. The molecule has 1 fully saturated rings. The largest absolute Gasteiger partial charge is 0.335 e. The second-order valence-electron chi connectivity index (χ2n) is 4.27. The molecule has 0 N–H and O–H groups in total. The summed E-state index contributed by atoms with van der Waals surface area (Å²) < 4.78 is 0. The van der Waals surface area contributed by atoms with E-state index in [0.29, 0.717) is 25.9 Å². The van der Waals surface area contributed by atoms with Crippen LogP contribution in [0.15, 0.2) is 24.3 Å². The molecule has 16 heavy (non-hydrogen) atoms. The average Bonchev–Trinajstić information content (AvgIpc) is 2.65. The molecular formula is C13H15NO2. The zero-order valence-corrected chi connectivity index (χ0v) is 9.40. The summed E-state index contributed by atoms with van der Waals surface area (Å²) >= 11 is 0. The van der Waals surface area contributed by atoms with E-state index in [2.05, 4.69) is 0 Å². The first-order chi connectivity index (χ1) is 7.65. The predicted molar refractivity (Wildman–Crippen MR) is 61.1 cm³/mol. The number of carbonyl (C=O) groups excluding carboxylic acids is 2. The number of nitrogens with zero attached hydrogens (tertiary/aromatic N) is 1. The van der Waals surface area contributed by atoms with Crippen LogP contribution in [-0.2, 0) is 16.0 Å². The first-order valence-electron chi connectivity index (χ1n) is 5.50. The van der Waals surface area contributed by atoms with Gasteiger partial charge in [0.05, 0.1) is 13.0 Å². The number of Topliss-reactive ketones (excluding diaryl/α,β-unsaturated/α-hetero) is 1. The first-order valence-corrected chi connectivity index (χ1v) is 5.50. The molecule has 0 atom stereocenters. The molecule has 0 aliphatic carbocycles. The predicted octanol–water partition coefficient (Wildman–Crippen LogP) is 1.34. The first kappa shape index (κ1) is 10.9. The minimum Gasteiger partial charge on any atom is -0.335 e. The van der Waals surface area contributed by atoms with E-state index in [-0.39, 0.29) is 11.7 Å². The van der Waals surface area contributed by atoms with Gasteiger partial charge in [-0.05, 0) is 12.5 Å². The SMILES string of the molecule is Cc1cccc(CC(=O)N2CCC(=O)C2)c1. The summed E-state index contributed by atoms with van der Waals surface area (Å²) in [4.78, 5) is 24.6. The Balaban J connectivity index is 1.99. The van der Waals surface area contributed by atoms with Gasteiger partial charge in [0.1, 0.15) is 0 Å². The summed E-state index contributed by atoms with van der Waals surface area (Å²) in [6.45, 7) is 2.89. The van der Waals surface area contributed by atoms with Crippen LogP contribution in [0.25, 0.3) is 0 Å². The number of hydrogen-bond acceptors (Lipinski definition) is 2. The number of amides is 1. The van der Waals surface area contributed by atoms with Gasteiger partial charge >= 0.3 is 0 Å². The van der Waals surface area contributed by atoms with Gasteiger partial charge in [0.15, 0.2) is 5.78 Å². The van der Waals surface area contributed by atoms with Gasteiger partial charge in [0.2, 0.25) is 5.91 Å². The van der Waals surface area contributed by atoms with Crippen molar-refractivity contribution in [2.24, 2.45) is 0 Å². The van der Waals surface area contributed by atoms with Gasteiger partial charge in [-0.15, -0.1) is 0 Å². The fourth-order valence-corrected chi connectivity index (χ4v) is 1.95. The Morgan fingerprint density at radius 3 is 2.88 bits per heavy atom. The molecular weight excluding hydrogens is 202 g/mol. The number of aryl methyl sites for hydroxylation is 1. The number of hydrogen-bond donors (Lipinski definition) is 0. The van der Waals surface area contributed by atoms with E-state index >= 15 is 0 Å². The highest BCUT2D eigenvalue weighted by Crippen LogP contribution is 2.10. The highest BCUT2D eigenvalue weighted by molar-refractivity contribution is 5.90. The molecule has 0 spiro atoms. The van der Waals surface area contributed by atoms with Crippen molar-refractivity contribution in [1.82, 2.24) is 4.90 Å². The summed E-state index contributed by atoms with van der Waals surface area (Å²) in [6, 6.07) is 7.92. The molecule has 1 aromatic rings. The summed E-state index contributed by atoms with van der Waals surface area (Å²) in [5.74, 6) is 0.217. The molecule has 0 saturated carbocycles. The van der Waals surface area contributed by atoms with Gasteiger partial charge in [0.25, 0.3) is 0 Å². The molecule has 84 valence electrons. The minimum absolute atomic E-state index is 0.0523. The molecule has 0 radical (unpaired) electrons. The lowest BCUT2D eigenvalue weighted by Crippen LogP contribution is -2.30. The summed E-state index contributed by atoms with van der Waals surface area (Å²) in [6.07, 6.45) is 0.911. The molecule has 1 aliphatic rings. The summed E-state index contributed by atoms with van der Waals surface area (Å²) in [5.41, 5.74) is 2.17. The number of carbonyl (C=O) groups is 2. The van der Waals surface area contributed by atoms with Crippen molar-refractivity contribution >= 4 is 11.7 Å². The van der Waals surface area contributed by atoms with Crippen molar-refractivity contribution < 1.29 is 9.59 Å². The lowest BCUT2D eigenvalue weighted by Gasteiger charge is -2.14. The van der Waals surface area contributed by atoms with Crippen LogP contribution < -0.4 is 0 Å². The molecule has 0 aromatic heterocycles. The van der Waals surface area contributed by atoms with E-state index < -0.39 is 0 Å². The molecule has 1 amide bonds. The van der Waals surface area contributed by atoms with Gasteiger partial charge in [-0.2, -0.15) is 0 Å². The van der Waals surface area contributed by atoms with Crippen LogP contribution in [0.1, 0.15) is 17.5 Å². The van der Waals surface area contributed by atoms with E-state index in [9.17, 15) is 9.59 Å². The molecule has 1 aliphatic heterocycles. The fourth-order valence-electron chi connectivity index (χ4n) is 1.95. The third-order valence-corrected chi connectivity index (χ3v) is 2.82. The Labute approximate surface area is 95.1 Å². The average molecular weight is 217 g/mol. The number of ketones is 1. The van der Waals surface area contributed by atoms with Gasteiger partial charge in [0, 0.05) is 13.0 Å². The Hall–Kier alpha value is -1.64. The number of likely N-dealkylation sites (tertiary alicyclic amines) is 1. The van der Waals surface area contributed by atoms with Gasteiger partial charge in [-0.1, -0.05) is 29.8 Å². The molecule has 1 aromatic carbocycles. The smallest absolute Gasteiger partial charge is 0.227 e. The van der Waals surface area contributed by atoms with Gasteiger partial charge < -0.3 is 4.90 Å². The van der Waals surface area contributed by atoms with Crippen molar-refractivity contribution in [3.05, 3.63) is 35.4 Å². The Morgan fingerprint density at radius 1 is 1.44 bits per heavy atom. The number of rotatable bonds is 2. The van der Waals surface area contributed by atoms with Crippen molar-refractivity contribution in [2.45, 2.75) is 19.8 Å². The highest BCUT2D eigenvalue weighted by Gasteiger charge is 2.23. The van der Waals surface area contributed by atoms with Crippen LogP contribution in [0, 0.1) is 6.92 Å². The molecule has 3 heteroatoms. The third kappa shape index (κ3) is 2.48. The lowest BCUT2D eigenvalue weighted by atomic mass is 10.1. The number of benzene rings is 1. The van der Waals surface area contributed by atoms with E-state index in [4.69, 9.17) is 0 Å². The topological polar surface area (TPSA) is 37.4 Å². The van der Waals surface area contributed by atoms with Crippen LogP contribution in [0.5, 0.6) is 0 Å². The monoisotopic (exact) mass is 217 g/mol. The molecule has 1 heterocycles. The maximum absolute atomic E-state index is 11.8. The fraction of sp³-hybridized carbons (Fsp3) is 0.385. The van der Waals surface area contributed by atoms with Gasteiger partial charge in [-0.25, -0.2) is 0 Å². The quantitative estimate of drug-likeness (QED) is 0.749. The second-order valence-corrected chi connectivity index (χ2v) is 4.27. The van der Waals surface area contributed by atoms with E-state index in [1.807, 2.05) is 31.2 Å². The van der Waals surface area contributed by atoms with Crippen molar-refractivity contribution in [2.75, 3.05) is 13.1 Å². The van der Waals surface area contributed by atoms with Crippen LogP contribution in [0.3, 0.4) is 0 Å². The maximum atomic E-state index is 11.8. The summed E-state index contributed by atoms with van der Waals surface area (Å²) in [7, 11) is 0. The van der Waals surface area contributed by atoms with Crippen LogP contribution in [-0.4, -0.2) is 29.7 Å². The van der Waals surface area contributed by atoms with Crippen LogP contribution in [0.2, 0.25) is 0 Å². The maximum Gasteiger partial charge on any atom is 0.227 e. The minimum atomic E-state index is 0.0523. The van der Waals surface area contributed by atoms with Crippen LogP contribution >= 0.6 is 0 Å². The van der Waals surface area contributed by atoms with Crippen LogP contribution in [0.4, 0.5) is 0 Å². The molecule has 3 nitrogen and oxygen atoms in total. The molecule has 0 bridgehead atoms. The zero-order valence-electron chi connectivity index (χ0n) is 9.40. The van der Waals surface area contributed by atoms with E-state index in [1.165, 1.54) is 0 Å². The lowest BCUT2D eigenvalue weighted by molar-refractivity contribution is -0.131. The highest BCUT2D eigenvalue weighted by atomic mass is 16.2. The Kier molecular flexibility index (Phi) is 3.04. The van der Waals surface area contributed by atoms with E-state index in [0.717, 1.165) is 11.1 Å². The Bertz CT molecular complexity index is 426.